The van der Waals surface area contributed by atoms with E-state index in [-0.39, 0.29) is 35.0 Å². The molecule has 0 aromatic heterocycles. The number of hydrogen-bond acceptors (Lipinski definition) is 4. The third-order valence-electron chi connectivity index (χ3n) is 3.33. The van der Waals surface area contributed by atoms with E-state index >= 15 is 0 Å². The summed E-state index contributed by atoms with van der Waals surface area (Å²) in [5, 5.41) is 5.12. The number of rotatable bonds is 5. The van der Waals surface area contributed by atoms with Crippen molar-refractivity contribution in [3.63, 3.8) is 0 Å². The fraction of sp³-hybridized carbons (Fsp3) is 0.333. The molecule has 1 aromatic carbocycles. The molecule has 0 bridgehead atoms. The van der Waals surface area contributed by atoms with Gasteiger partial charge in [0.1, 0.15) is 0 Å². The Morgan fingerprint density at radius 3 is 2.45 bits per heavy atom. The highest BCUT2D eigenvalue weighted by atomic mass is 16.2. The first-order valence-corrected chi connectivity index (χ1v) is 6.97. The molecular weight excluding hydrogens is 286 g/mol. The summed E-state index contributed by atoms with van der Waals surface area (Å²) in [6.07, 6.45) is 0.814. The van der Waals surface area contributed by atoms with E-state index in [2.05, 4.69) is 10.6 Å². The lowest BCUT2D eigenvalue weighted by molar-refractivity contribution is -0.120. The molecule has 2 N–H and O–H groups in total. The molecule has 1 aromatic rings. The summed E-state index contributed by atoms with van der Waals surface area (Å²) in [5.74, 6) is -1.56. The van der Waals surface area contributed by atoms with E-state index in [1.54, 1.807) is 0 Å². The van der Waals surface area contributed by atoms with Gasteiger partial charge in [-0.05, 0) is 24.6 Å². The molecule has 0 atom stereocenters. The van der Waals surface area contributed by atoms with Crippen molar-refractivity contribution in [3.05, 3.63) is 34.9 Å². The average molecular weight is 303 g/mol. The molecule has 1 aliphatic heterocycles. The van der Waals surface area contributed by atoms with Crippen molar-refractivity contribution in [1.29, 1.82) is 0 Å². The van der Waals surface area contributed by atoms with E-state index in [9.17, 15) is 19.2 Å². The van der Waals surface area contributed by atoms with Crippen molar-refractivity contribution < 1.29 is 19.2 Å². The molecule has 0 saturated heterocycles. The lowest BCUT2D eigenvalue weighted by Gasteiger charge is -2.06. The number of fused-ring (bicyclic) bond motifs is 1. The molecule has 1 aliphatic rings. The third-order valence-corrected chi connectivity index (χ3v) is 3.33. The van der Waals surface area contributed by atoms with Gasteiger partial charge in [-0.25, -0.2) is 0 Å². The number of imide groups is 1. The molecule has 0 unspecified atom stereocenters. The second-order valence-corrected chi connectivity index (χ2v) is 4.96. The van der Waals surface area contributed by atoms with Crippen molar-refractivity contribution in [1.82, 2.24) is 15.5 Å². The molecule has 0 fully saturated rings. The van der Waals surface area contributed by atoms with Gasteiger partial charge in [0.2, 0.25) is 5.91 Å². The Balaban J connectivity index is 2.05. The van der Waals surface area contributed by atoms with Crippen LogP contribution >= 0.6 is 0 Å². The number of carbonyl (C=O) groups excluding carboxylic acids is 4. The van der Waals surface area contributed by atoms with Crippen LogP contribution in [0.5, 0.6) is 0 Å². The molecule has 2 rings (SSSR count). The maximum absolute atomic E-state index is 12.0. The van der Waals surface area contributed by atoms with E-state index in [4.69, 9.17) is 0 Å². The average Bonchev–Trinajstić information content (AvgIpc) is 2.74. The smallest absolute Gasteiger partial charge is 0.261 e. The Labute approximate surface area is 127 Å². The van der Waals surface area contributed by atoms with Gasteiger partial charge in [0.05, 0.1) is 17.7 Å². The maximum Gasteiger partial charge on any atom is 0.261 e. The Morgan fingerprint density at radius 2 is 1.77 bits per heavy atom. The topological polar surface area (TPSA) is 95.6 Å². The van der Waals surface area contributed by atoms with Crippen molar-refractivity contribution in [2.75, 3.05) is 20.1 Å². The van der Waals surface area contributed by atoms with Crippen molar-refractivity contribution in [3.8, 4) is 0 Å². The summed E-state index contributed by atoms with van der Waals surface area (Å²) in [6.45, 7) is 2.35. The van der Waals surface area contributed by atoms with Crippen LogP contribution in [0, 0.1) is 0 Å². The molecule has 22 heavy (non-hydrogen) atoms. The minimum Gasteiger partial charge on any atom is -0.355 e. The Bertz CT molecular complexity index is 654. The highest BCUT2D eigenvalue weighted by Crippen LogP contribution is 2.22. The lowest BCUT2D eigenvalue weighted by atomic mass is 10.1. The van der Waals surface area contributed by atoms with Crippen LogP contribution in [0.1, 0.15) is 44.4 Å². The number of carbonyl (C=O) groups is 4. The number of benzene rings is 1. The monoisotopic (exact) mass is 303 g/mol. The van der Waals surface area contributed by atoms with E-state index < -0.39 is 11.8 Å². The molecule has 0 spiro atoms. The molecule has 7 nitrogen and oxygen atoms in total. The first kappa shape index (κ1) is 15.7. The standard InChI is InChI=1S/C15H17N3O4/c1-3-6-16-12(19)8-17-13(20)9-4-5-10-11(7-9)15(22)18(2)14(10)21/h4-5,7H,3,6,8H2,1-2H3,(H,16,19)(H,17,20). The number of amides is 4. The van der Waals surface area contributed by atoms with Gasteiger partial charge in [0.25, 0.3) is 17.7 Å². The van der Waals surface area contributed by atoms with Gasteiger partial charge in [0, 0.05) is 19.2 Å². The summed E-state index contributed by atoms with van der Waals surface area (Å²) < 4.78 is 0. The Morgan fingerprint density at radius 1 is 1.09 bits per heavy atom. The fourth-order valence-electron chi connectivity index (χ4n) is 2.09. The van der Waals surface area contributed by atoms with Crippen LogP contribution in [-0.2, 0) is 4.79 Å². The fourth-order valence-corrected chi connectivity index (χ4v) is 2.09. The van der Waals surface area contributed by atoms with Crippen LogP contribution in [0.4, 0.5) is 0 Å². The van der Waals surface area contributed by atoms with E-state index in [1.165, 1.54) is 25.2 Å². The van der Waals surface area contributed by atoms with Crippen LogP contribution in [0.2, 0.25) is 0 Å². The zero-order valence-electron chi connectivity index (χ0n) is 12.4. The number of nitrogens with one attached hydrogen (secondary N) is 2. The van der Waals surface area contributed by atoms with Crippen LogP contribution < -0.4 is 10.6 Å². The summed E-state index contributed by atoms with van der Waals surface area (Å²) in [7, 11) is 1.39. The molecule has 7 heteroatoms. The Kier molecular flexibility index (Phi) is 4.55. The SMILES string of the molecule is CCCNC(=O)CNC(=O)c1ccc2c(c1)C(=O)N(C)C2=O. The molecule has 0 radical (unpaired) electrons. The molecule has 0 aliphatic carbocycles. The van der Waals surface area contributed by atoms with Gasteiger partial charge in [0.15, 0.2) is 0 Å². The maximum atomic E-state index is 12.0. The molecule has 116 valence electrons. The number of nitrogens with zero attached hydrogens (tertiary/aromatic N) is 1. The first-order valence-electron chi connectivity index (χ1n) is 6.97. The molecule has 4 amide bonds. The molecule has 0 saturated carbocycles. The van der Waals surface area contributed by atoms with E-state index in [0.29, 0.717) is 6.54 Å². The minimum atomic E-state index is -0.468. The van der Waals surface area contributed by atoms with Crippen LogP contribution in [-0.4, -0.2) is 48.7 Å². The van der Waals surface area contributed by atoms with Gasteiger partial charge in [-0.3, -0.25) is 24.1 Å². The van der Waals surface area contributed by atoms with Crippen molar-refractivity contribution in [2.45, 2.75) is 13.3 Å². The van der Waals surface area contributed by atoms with E-state index in [0.717, 1.165) is 11.3 Å². The summed E-state index contributed by atoms with van der Waals surface area (Å²) in [4.78, 5) is 48.1. The largest absolute Gasteiger partial charge is 0.355 e. The predicted molar refractivity (Wildman–Crippen MR) is 78.5 cm³/mol. The van der Waals surface area contributed by atoms with Gasteiger partial charge in [-0.15, -0.1) is 0 Å². The van der Waals surface area contributed by atoms with Crippen molar-refractivity contribution in [2.24, 2.45) is 0 Å². The second-order valence-electron chi connectivity index (χ2n) is 4.96. The zero-order valence-corrected chi connectivity index (χ0v) is 12.4. The third kappa shape index (κ3) is 2.98. The van der Waals surface area contributed by atoms with Crippen LogP contribution in [0.3, 0.4) is 0 Å². The molecular formula is C15H17N3O4. The minimum absolute atomic E-state index is 0.136. The quantitative estimate of drug-likeness (QED) is 0.758. The molecule has 1 heterocycles. The predicted octanol–water partition coefficient (Wildman–Crippen LogP) is 0.168. The van der Waals surface area contributed by atoms with Crippen molar-refractivity contribution >= 4 is 23.6 Å². The normalized spacial score (nSPS) is 13.1. The van der Waals surface area contributed by atoms with E-state index in [1.807, 2.05) is 6.92 Å². The second kappa shape index (κ2) is 6.38. The summed E-state index contributed by atoms with van der Waals surface area (Å²) in [6, 6.07) is 4.28. The van der Waals surface area contributed by atoms with Gasteiger partial charge in [-0.2, -0.15) is 0 Å². The first-order chi connectivity index (χ1) is 10.5. The highest BCUT2D eigenvalue weighted by Gasteiger charge is 2.33. The lowest BCUT2D eigenvalue weighted by Crippen LogP contribution is -2.37. The van der Waals surface area contributed by atoms with Gasteiger partial charge < -0.3 is 10.6 Å². The summed E-state index contributed by atoms with van der Waals surface area (Å²) >= 11 is 0. The van der Waals surface area contributed by atoms with Gasteiger partial charge >= 0.3 is 0 Å². The Hall–Kier alpha value is -2.70. The van der Waals surface area contributed by atoms with Crippen LogP contribution in [0.15, 0.2) is 18.2 Å². The number of hydrogen-bond donors (Lipinski definition) is 2. The van der Waals surface area contributed by atoms with Crippen LogP contribution in [0.25, 0.3) is 0 Å². The highest BCUT2D eigenvalue weighted by molar-refractivity contribution is 6.21. The summed E-state index contributed by atoms with van der Waals surface area (Å²) in [5.41, 5.74) is 0.721. The van der Waals surface area contributed by atoms with Gasteiger partial charge in [-0.1, -0.05) is 6.92 Å². The zero-order chi connectivity index (χ0) is 16.3.